The highest BCUT2D eigenvalue weighted by Gasteiger charge is 2.35. The highest BCUT2D eigenvalue weighted by molar-refractivity contribution is 6.14. The molecule has 3 rings (SSSR count). The molecule has 0 saturated carbocycles. The fourth-order valence-electron chi connectivity index (χ4n) is 2.96. The van der Waals surface area contributed by atoms with Gasteiger partial charge in [-0.1, -0.05) is 0 Å². The summed E-state index contributed by atoms with van der Waals surface area (Å²) >= 11 is 0. The molecule has 8 nitrogen and oxygen atoms in total. The predicted octanol–water partition coefficient (Wildman–Crippen LogP) is -0.0693. The number of nitroso groups, excluding NO2 is 1. The van der Waals surface area contributed by atoms with Gasteiger partial charge >= 0.3 is 5.91 Å². The van der Waals surface area contributed by atoms with Gasteiger partial charge in [-0.15, -0.1) is 4.91 Å². The molecule has 0 aromatic heterocycles. The number of carbonyl (C=O) groups is 3. The van der Waals surface area contributed by atoms with Crippen LogP contribution in [0.1, 0.15) is 15.9 Å². The van der Waals surface area contributed by atoms with Gasteiger partial charge in [-0.2, -0.15) is 0 Å². The van der Waals surface area contributed by atoms with Crippen molar-refractivity contribution in [1.29, 1.82) is 0 Å². The molecule has 8 heteroatoms. The van der Waals surface area contributed by atoms with Crippen LogP contribution in [0.4, 0.5) is 5.69 Å². The third-order valence-corrected chi connectivity index (χ3v) is 4.10. The van der Waals surface area contributed by atoms with Gasteiger partial charge in [0.2, 0.25) is 5.91 Å². The standard InChI is InChI=1S/C15H16N4O4/c20-12-8-10-7-9(1-2-11(10)17-12)14(21)13(15(22)18-23)19-5-3-16-4-6-19/h1-2,7,13,16H,3-6,8H2,(H,17,20). The summed E-state index contributed by atoms with van der Waals surface area (Å²) in [5.41, 5.74) is 1.69. The lowest BCUT2D eigenvalue weighted by atomic mass is 9.98. The van der Waals surface area contributed by atoms with E-state index in [1.165, 1.54) is 0 Å². The van der Waals surface area contributed by atoms with Crippen molar-refractivity contribution in [3.05, 3.63) is 34.2 Å². The molecule has 1 atom stereocenters. The average molecular weight is 316 g/mol. The van der Waals surface area contributed by atoms with E-state index in [1.807, 2.05) is 0 Å². The summed E-state index contributed by atoms with van der Waals surface area (Å²) in [6, 6.07) is 3.60. The fourth-order valence-corrected chi connectivity index (χ4v) is 2.96. The van der Waals surface area contributed by atoms with Gasteiger partial charge in [-0.05, 0) is 23.8 Å². The Morgan fingerprint density at radius 1 is 1.22 bits per heavy atom. The largest absolute Gasteiger partial charge is 0.326 e. The lowest BCUT2D eigenvalue weighted by Crippen LogP contribution is -2.54. The van der Waals surface area contributed by atoms with Gasteiger partial charge in [-0.3, -0.25) is 19.3 Å². The Kier molecular flexibility index (Phi) is 4.26. The Morgan fingerprint density at radius 2 is 1.96 bits per heavy atom. The van der Waals surface area contributed by atoms with Crippen LogP contribution in [0.25, 0.3) is 0 Å². The minimum absolute atomic E-state index is 0.131. The number of piperazine rings is 1. The molecule has 1 aromatic carbocycles. The first kappa shape index (κ1) is 15.4. The minimum atomic E-state index is -1.20. The summed E-state index contributed by atoms with van der Waals surface area (Å²) in [7, 11) is 0. The topological polar surface area (TPSA) is 108 Å². The number of anilines is 1. The number of amides is 2. The first-order chi connectivity index (χ1) is 11.1. The molecule has 1 unspecified atom stereocenters. The van der Waals surface area contributed by atoms with E-state index < -0.39 is 17.7 Å². The Balaban J connectivity index is 1.88. The van der Waals surface area contributed by atoms with Gasteiger partial charge in [-0.25, -0.2) is 0 Å². The molecule has 120 valence electrons. The van der Waals surface area contributed by atoms with E-state index in [0.29, 0.717) is 43.0 Å². The van der Waals surface area contributed by atoms with Crippen LogP contribution in [0.5, 0.6) is 0 Å². The van der Waals surface area contributed by atoms with Crippen molar-refractivity contribution < 1.29 is 14.4 Å². The molecular weight excluding hydrogens is 300 g/mol. The van der Waals surface area contributed by atoms with Gasteiger partial charge in [0, 0.05) is 42.6 Å². The Labute approximate surface area is 132 Å². The van der Waals surface area contributed by atoms with Crippen LogP contribution >= 0.6 is 0 Å². The first-order valence-electron chi connectivity index (χ1n) is 7.39. The summed E-state index contributed by atoms with van der Waals surface area (Å²) in [4.78, 5) is 48.4. The van der Waals surface area contributed by atoms with Gasteiger partial charge in [0.05, 0.1) is 6.42 Å². The molecule has 23 heavy (non-hydrogen) atoms. The molecule has 0 bridgehead atoms. The summed E-state index contributed by atoms with van der Waals surface area (Å²) in [5, 5.41) is 8.27. The van der Waals surface area contributed by atoms with E-state index in [-0.39, 0.29) is 12.3 Å². The number of ketones is 1. The van der Waals surface area contributed by atoms with Crippen LogP contribution in [0.2, 0.25) is 0 Å². The number of hydrogen-bond acceptors (Lipinski definition) is 6. The summed E-state index contributed by atoms with van der Waals surface area (Å²) in [6.07, 6.45) is 0.203. The molecule has 0 aliphatic carbocycles. The lowest BCUT2D eigenvalue weighted by molar-refractivity contribution is -0.121. The van der Waals surface area contributed by atoms with E-state index in [1.54, 1.807) is 23.1 Å². The maximum Gasteiger partial charge on any atom is 0.311 e. The predicted molar refractivity (Wildman–Crippen MR) is 82.1 cm³/mol. The molecule has 2 aliphatic heterocycles. The number of benzene rings is 1. The molecule has 2 heterocycles. The van der Waals surface area contributed by atoms with Crippen LogP contribution in [-0.4, -0.2) is 54.7 Å². The quantitative estimate of drug-likeness (QED) is 0.457. The number of Topliss-reactive ketones (excluding diaryl/α,β-unsaturated/α-hetero) is 1. The molecule has 1 aromatic rings. The number of rotatable bonds is 4. The second kappa shape index (κ2) is 6.35. The zero-order chi connectivity index (χ0) is 16.4. The second-order valence-electron chi connectivity index (χ2n) is 5.58. The number of nitrogens with zero attached hydrogens (tertiary/aromatic N) is 2. The smallest absolute Gasteiger partial charge is 0.311 e. The Morgan fingerprint density at radius 3 is 2.65 bits per heavy atom. The SMILES string of the molecule is O=NC(=O)C(C(=O)c1ccc2c(c1)CC(=O)N2)N1CCNCC1. The number of carbonyl (C=O) groups excluding carboxylic acids is 3. The Hall–Kier alpha value is -2.45. The Bertz CT molecular complexity index is 682. The summed E-state index contributed by atoms with van der Waals surface area (Å²) in [5.74, 6) is -1.57. The van der Waals surface area contributed by atoms with E-state index in [0.717, 1.165) is 0 Å². The van der Waals surface area contributed by atoms with Crippen LogP contribution in [0, 0.1) is 4.91 Å². The van der Waals surface area contributed by atoms with E-state index in [9.17, 15) is 19.3 Å². The van der Waals surface area contributed by atoms with Crippen molar-refractivity contribution in [3.63, 3.8) is 0 Å². The number of fused-ring (bicyclic) bond motifs is 1. The third-order valence-electron chi connectivity index (χ3n) is 4.10. The normalized spacial score (nSPS) is 18.9. The van der Waals surface area contributed by atoms with Crippen molar-refractivity contribution in [1.82, 2.24) is 10.2 Å². The monoisotopic (exact) mass is 316 g/mol. The number of hydrogen-bond donors (Lipinski definition) is 2. The third kappa shape index (κ3) is 3.03. The maximum absolute atomic E-state index is 12.7. The molecule has 1 saturated heterocycles. The summed E-state index contributed by atoms with van der Waals surface area (Å²) < 4.78 is 0. The zero-order valence-corrected chi connectivity index (χ0v) is 12.4. The van der Waals surface area contributed by atoms with Crippen molar-refractivity contribution in [3.8, 4) is 0 Å². The van der Waals surface area contributed by atoms with Gasteiger partial charge in [0.15, 0.2) is 11.8 Å². The van der Waals surface area contributed by atoms with Gasteiger partial charge in [0.1, 0.15) is 0 Å². The number of nitrogens with one attached hydrogen (secondary N) is 2. The molecular formula is C15H16N4O4. The van der Waals surface area contributed by atoms with E-state index in [2.05, 4.69) is 15.8 Å². The van der Waals surface area contributed by atoms with Crippen LogP contribution in [0.3, 0.4) is 0 Å². The van der Waals surface area contributed by atoms with Crippen molar-refractivity contribution in [2.75, 3.05) is 31.5 Å². The molecule has 1 fully saturated rings. The van der Waals surface area contributed by atoms with Crippen molar-refractivity contribution in [2.45, 2.75) is 12.5 Å². The van der Waals surface area contributed by atoms with Crippen LogP contribution < -0.4 is 10.6 Å². The second-order valence-corrected chi connectivity index (χ2v) is 5.58. The van der Waals surface area contributed by atoms with Gasteiger partial charge < -0.3 is 10.6 Å². The van der Waals surface area contributed by atoms with Crippen molar-refractivity contribution >= 4 is 23.3 Å². The van der Waals surface area contributed by atoms with Crippen LogP contribution in [0.15, 0.2) is 23.4 Å². The summed E-state index contributed by atoms with van der Waals surface area (Å²) in [6.45, 7) is 2.25. The molecule has 2 amide bonds. The van der Waals surface area contributed by atoms with E-state index in [4.69, 9.17) is 0 Å². The average Bonchev–Trinajstić information content (AvgIpc) is 2.94. The fraction of sp³-hybridized carbons (Fsp3) is 0.400. The molecule has 0 radical (unpaired) electrons. The lowest BCUT2D eigenvalue weighted by Gasteiger charge is -2.31. The molecule has 2 aliphatic rings. The molecule has 2 N–H and O–H groups in total. The highest BCUT2D eigenvalue weighted by Crippen LogP contribution is 2.25. The van der Waals surface area contributed by atoms with Crippen molar-refractivity contribution in [2.24, 2.45) is 5.18 Å². The maximum atomic E-state index is 12.7. The first-order valence-corrected chi connectivity index (χ1v) is 7.39. The highest BCUT2D eigenvalue weighted by atomic mass is 16.3. The van der Waals surface area contributed by atoms with Gasteiger partial charge in [0.25, 0.3) is 0 Å². The van der Waals surface area contributed by atoms with Crippen LogP contribution in [-0.2, 0) is 16.0 Å². The zero-order valence-electron chi connectivity index (χ0n) is 12.4. The minimum Gasteiger partial charge on any atom is -0.326 e. The molecule has 0 spiro atoms. The van der Waals surface area contributed by atoms with E-state index >= 15 is 0 Å².